The molecule has 1 amide bonds. The maximum atomic E-state index is 13.0. The molecule has 1 aliphatic rings. The highest BCUT2D eigenvalue weighted by Crippen LogP contribution is 2.43. The Hall–Kier alpha value is -3.02. The highest BCUT2D eigenvalue weighted by Gasteiger charge is 2.47. The van der Waals surface area contributed by atoms with Gasteiger partial charge in [-0.25, -0.2) is 0 Å². The topological polar surface area (TPSA) is 80.0 Å². The minimum absolute atomic E-state index is 0.0456. The average molecular weight is 369 g/mol. The standard InChI is InChI=1S/C21H23NO5/c1-5-26-14-9-6-8-13(12-14)22-17(15-10-7-11-27-15)16(18(23)20(22)25)19(24)21(2,3)4/h6-12,17,23H,5H2,1-4H3. The van der Waals surface area contributed by atoms with E-state index in [9.17, 15) is 14.7 Å². The maximum absolute atomic E-state index is 13.0. The van der Waals surface area contributed by atoms with E-state index in [2.05, 4.69) is 0 Å². The number of anilines is 1. The Bertz CT molecular complexity index is 890. The molecule has 1 aromatic heterocycles. The molecule has 0 fully saturated rings. The van der Waals surface area contributed by atoms with E-state index in [1.807, 2.05) is 6.92 Å². The molecule has 6 nitrogen and oxygen atoms in total. The number of hydrogen-bond donors (Lipinski definition) is 1. The summed E-state index contributed by atoms with van der Waals surface area (Å²) in [6.07, 6.45) is 1.48. The first-order valence-corrected chi connectivity index (χ1v) is 8.83. The molecule has 1 atom stereocenters. The molecule has 6 heteroatoms. The van der Waals surface area contributed by atoms with Crippen molar-refractivity contribution in [1.82, 2.24) is 0 Å². The summed E-state index contributed by atoms with van der Waals surface area (Å²) in [6, 6.07) is 9.51. The molecule has 1 N–H and O–H groups in total. The average Bonchev–Trinajstić information content (AvgIpc) is 3.22. The number of ether oxygens (including phenoxy) is 1. The highest BCUT2D eigenvalue weighted by molar-refractivity contribution is 6.17. The number of carbonyl (C=O) groups excluding carboxylic acids is 2. The van der Waals surface area contributed by atoms with E-state index < -0.39 is 23.1 Å². The van der Waals surface area contributed by atoms with Crippen LogP contribution in [-0.2, 0) is 9.59 Å². The van der Waals surface area contributed by atoms with Crippen LogP contribution in [0.15, 0.2) is 58.4 Å². The van der Waals surface area contributed by atoms with Crippen molar-refractivity contribution in [2.45, 2.75) is 33.7 Å². The fourth-order valence-electron chi connectivity index (χ4n) is 3.11. The number of rotatable bonds is 5. The number of amides is 1. The van der Waals surface area contributed by atoms with Crippen LogP contribution in [0.5, 0.6) is 5.75 Å². The summed E-state index contributed by atoms with van der Waals surface area (Å²) < 4.78 is 11.0. The largest absolute Gasteiger partial charge is 0.503 e. The number of carbonyl (C=O) groups is 2. The zero-order valence-electron chi connectivity index (χ0n) is 15.9. The van der Waals surface area contributed by atoms with Crippen LogP contribution in [0.1, 0.15) is 39.5 Å². The third kappa shape index (κ3) is 3.35. The number of nitrogens with zero attached hydrogens (tertiary/aromatic N) is 1. The lowest BCUT2D eigenvalue weighted by molar-refractivity contribution is -0.123. The van der Waals surface area contributed by atoms with Crippen molar-refractivity contribution in [3.8, 4) is 5.75 Å². The van der Waals surface area contributed by atoms with Gasteiger partial charge in [-0.2, -0.15) is 0 Å². The number of aliphatic hydroxyl groups excluding tert-OH is 1. The third-order valence-electron chi connectivity index (χ3n) is 4.35. The molecule has 0 spiro atoms. The molecule has 1 unspecified atom stereocenters. The van der Waals surface area contributed by atoms with Gasteiger partial charge in [0.05, 0.1) is 18.4 Å². The van der Waals surface area contributed by atoms with Gasteiger partial charge in [0.15, 0.2) is 11.5 Å². The van der Waals surface area contributed by atoms with Crippen LogP contribution in [0.4, 0.5) is 5.69 Å². The molecule has 1 aliphatic heterocycles. The Balaban J connectivity index is 2.14. The minimum Gasteiger partial charge on any atom is -0.503 e. The van der Waals surface area contributed by atoms with Crippen molar-refractivity contribution in [1.29, 1.82) is 0 Å². The van der Waals surface area contributed by atoms with Crippen molar-refractivity contribution < 1.29 is 23.8 Å². The fourth-order valence-corrected chi connectivity index (χ4v) is 3.11. The highest BCUT2D eigenvalue weighted by atomic mass is 16.5. The third-order valence-corrected chi connectivity index (χ3v) is 4.35. The van der Waals surface area contributed by atoms with Gasteiger partial charge in [-0.05, 0) is 31.2 Å². The Morgan fingerprint density at radius 2 is 2.00 bits per heavy atom. The molecule has 0 aliphatic carbocycles. The smallest absolute Gasteiger partial charge is 0.294 e. The zero-order chi connectivity index (χ0) is 19.8. The summed E-state index contributed by atoms with van der Waals surface area (Å²) in [7, 11) is 0. The van der Waals surface area contributed by atoms with Crippen molar-refractivity contribution in [2.75, 3.05) is 11.5 Å². The second-order valence-electron chi connectivity index (χ2n) is 7.36. The van der Waals surface area contributed by atoms with E-state index in [1.54, 1.807) is 57.2 Å². The van der Waals surface area contributed by atoms with Gasteiger partial charge in [-0.3, -0.25) is 14.5 Å². The quantitative estimate of drug-likeness (QED) is 0.855. The minimum atomic E-state index is -0.837. The second kappa shape index (κ2) is 6.95. The molecule has 0 saturated carbocycles. The maximum Gasteiger partial charge on any atom is 0.294 e. The normalized spacial score (nSPS) is 17.6. The number of furan rings is 1. The monoisotopic (exact) mass is 369 g/mol. The summed E-state index contributed by atoms with van der Waals surface area (Å²) in [5.41, 5.74) is -0.211. The van der Waals surface area contributed by atoms with Gasteiger partial charge < -0.3 is 14.3 Å². The van der Waals surface area contributed by atoms with E-state index in [0.29, 0.717) is 23.8 Å². The van der Waals surface area contributed by atoms with E-state index in [4.69, 9.17) is 9.15 Å². The predicted octanol–water partition coefficient (Wildman–Crippen LogP) is 4.19. The predicted molar refractivity (Wildman–Crippen MR) is 101 cm³/mol. The summed E-state index contributed by atoms with van der Waals surface area (Å²) >= 11 is 0. The second-order valence-corrected chi connectivity index (χ2v) is 7.36. The van der Waals surface area contributed by atoms with Crippen LogP contribution in [0.3, 0.4) is 0 Å². The molecular formula is C21H23NO5. The fraction of sp³-hybridized carbons (Fsp3) is 0.333. The molecule has 3 rings (SSSR count). The van der Waals surface area contributed by atoms with Gasteiger partial charge in [-0.15, -0.1) is 0 Å². The van der Waals surface area contributed by atoms with Gasteiger partial charge in [0.25, 0.3) is 5.91 Å². The zero-order valence-corrected chi connectivity index (χ0v) is 15.9. The van der Waals surface area contributed by atoms with Gasteiger partial charge >= 0.3 is 0 Å². The Kier molecular flexibility index (Phi) is 4.83. The van der Waals surface area contributed by atoms with Gasteiger partial charge in [0.1, 0.15) is 17.6 Å². The van der Waals surface area contributed by atoms with E-state index >= 15 is 0 Å². The molecule has 2 heterocycles. The number of hydrogen-bond acceptors (Lipinski definition) is 5. The molecule has 2 aromatic rings. The summed E-state index contributed by atoms with van der Waals surface area (Å²) in [6.45, 7) is 7.59. The molecule has 142 valence electrons. The first-order chi connectivity index (χ1) is 12.8. The van der Waals surface area contributed by atoms with Crippen molar-refractivity contribution in [3.63, 3.8) is 0 Å². The van der Waals surface area contributed by atoms with Gasteiger partial charge in [0.2, 0.25) is 0 Å². The SMILES string of the molecule is CCOc1cccc(N2C(=O)C(O)=C(C(=O)C(C)(C)C)C2c2ccco2)c1. The first-order valence-electron chi connectivity index (χ1n) is 8.83. The van der Waals surface area contributed by atoms with Gasteiger partial charge in [0, 0.05) is 17.2 Å². The van der Waals surface area contributed by atoms with E-state index in [-0.39, 0.29) is 11.4 Å². The Morgan fingerprint density at radius 1 is 1.26 bits per heavy atom. The number of benzene rings is 1. The van der Waals surface area contributed by atoms with Crippen LogP contribution in [0, 0.1) is 5.41 Å². The van der Waals surface area contributed by atoms with Crippen LogP contribution in [0.2, 0.25) is 0 Å². The molecular weight excluding hydrogens is 346 g/mol. The first kappa shape index (κ1) is 18.8. The van der Waals surface area contributed by atoms with Crippen LogP contribution >= 0.6 is 0 Å². The number of Topliss-reactive ketones (excluding diaryl/α,β-unsaturated/α-hetero) is 1. The lowest BCUT2D eigenvalue weighted by Gasteiger charge is -2.27. The van der Waals surface area contributed by atoms with Crippen LogP contribution < -0.4 is 9.64 Å². The summed E-state index contributed by atoms with van der Waals surface area (Å²) in [4.78, 5) is 27.3. The molecule has 0 bridgehead atoms. The van der Waals surface area contributed by atoms with E-state index in [0.717, 1.165) is 0 Å². The number of aliphatic hydroxyl groups is 1. The molecule has 0 radical (unpaired) electrons. The van der Waals surface area contributed by atoms with Crippen molar-refractivity contribution in [3.05, 3.63) is 59.8 Å². The van der Waals surface area contributed by atoms with Gasteiger partial charge in [-0.1, -0.05) is 26.8 Å². The van der Waals surface area contributed by atoms with Crippen LogP contribution in [0.25, 0.3) is 0 Å². The number of ketones is 1. The van der Waals surface area contributed by atoms with Crippen molar-refractivity contribution in [2.24, 2.45) is 5.41 Å². The Labute approximate surface area is 158 Å². The van der Waals surface area contributed by atoms with Crippen LogP contribution in [-0.4, -0.2) is 23.4 Å². The summed E-state index contributed by atoms with van der Waals surface area (Å²) in [5, 5.41) is 10.6. The van der Waals surface area contributed by atoms with Crippen molar-refractivity contribution >= 4 is 17.4 Å². The summed E-state index contributed by atoms with van der Waals surface area (Å²) in [5.74, 6) is -0.494. The lowest BCUT2D eigenvalue weighted by atomic mass is 9.83. The van der Waals surface area contributed by atoms with E-state index in [1.165, 1.54) is 11.2 Å². The molecule has 27 heavy (non-hydrogen) atoms. The Morgan fingerprint density at radius 3 is 2.59 bits per heavy atom. The molecule has 0 saturated heterocycles. The lowest BCUT2D eigenvalue weighted by Crippen LogP contribution is -2.32. The molecule has 1 aromatic carbocycles.